The lowest BCUT2D eigenvalue weighted by atomic mass is 9.77. The van der Waals surface area contributed by atoms with Gasteiger partial charge >= 0.3 is 5.97 Å². The Kier molecular flexibility index (Phi) is 12.4. The third-order valence-electron chi connectivity index (χ3n) is 9.51. The lowest BCUT2D eigenvalue weighted by Crippen LogP contribution is -2.41. The number of carbonyl (C=O) groups excluding carboxylic acids is 1. The second kappa shape index (κ2) is 16.2. The maximum absolute atomic E-state index is 15.9. The molecule has 4 aromatic rings. The van der Waals surface area contributed by atoms with Gasteiger partial charge in [-0.15, -0.1) is 0 Å². The van der Waals surface area contributed by atoms with Crippen LogP contribution in [0, 0.1) is 23.0 Å². The number of ether oxygens (including phenoxy) is 1. The third-order valence-corrected chi connectivity index (χ3v) is 13.3. The minimum Gasteiger partial charge on any atom is -0.469 e. The van der Waals surface area contributed by atoms with Crippen LogP contribution in [-0.4, -0.2) is 55.3 Å². The van der Waals surface area contributed by atoms with E-state index in [2.05, 4.69) is 41.7 Å². The van der Waals surface area contributed by atoms with E-state index in [-0.39, 0.29) is 28.6 Å². The number of nitrogens with two attached hydrogens (primary N) is 1. The van der Waals surface area contributed by atoms with Gasteiger partial charge in [0, 0.05) is 64.0 Å². The van der Waals surface area contributed by atoms with E-state index in [9.17, 15) is 9.00 Å². The Morgan fingerprint density at radius 2 is 1.92 bits per heavy atom. The molecule has 8 nitrogen and oxygen atoms in total. The van der Waals surface area contributed by atoms with Crippen molar-refractivity contribution < 1.29 is 22.5 Å². The summed E-state index contributed by atoms with van der Waals surface area (Å²) in [7, 11) is 1.72. The number of rotatable bonds is 4. The van der Waals surface area contributed by atoms with Gasteiger partial charge in [-0.1, -0.05) is 45.0 Å². The van der Waals surface area contributed by atoms with Crippen LogP contribution in [-0.2, 0) is 38.6 Å². The number of benzene rings is 2. The van der Waals surface area contributed by atoms with Crippen LogP contribution >= 0.6 is 34.6 Å². The minimum atomic E-state index is -1.18. The summed E-state index contributed by atoms with van der Waals surface area (Å²) in [5.41, 5.74) is 8.74. The molecule has 0 amide bonds. The Bertz CT molecular complexity index is 2030. The molecule has 2 aromatic heterocycles. The van der Waals surface area contributed by atoms with Crippen molar-refractivity contribution in [2.45, 2.75) is 75.0 Å². The molecule has 3 heterocycles. The van der Waals surface area contributed by atoms with E-state index in [0.717, 1.165) is 22.9 Å². The number of methoxy groups -OCH3 is 1. The summed E-state index contributed by atoms with van der Waals surface area (Å²) >= 11 is 3.32. The lowest BCUT2D eigenvalue weighted by Gasteiger charge is -2.31. The molecule has 0 radical (unpaired) electrons. The molecular weight excluding hydrogens is 803 g/mol. The summed E-state index contributed by atoms with van der Waals surface area (Å²) in [6.45, 7) is 7.98. The number of hydrogen-bond acceptors (Lipinski definition) is 7. The smallest absolute Gasteiger partial charge is 0.308 e. The molecule has 0 saturated heterocycles. The fourth-order valence-electron chi connectivity index (χ4n) is 6.55. The molecule has 0 saturated carbocycles. The molecule has 1 aliphatic heterocycles. The van der Waals surface area contributed by atoms with E-state index >= 15 is 8.78 Å². The number of aliphatic imine (C=N–C) groups is 2. The predicted octanol–water partition coefficient (Wildman–Crippen LogP) is 8.21. The fourth-order valence-corrected chi connectivity index (χ4v) is 9.75. The number of esters is 1. The average Bonchev–Trinajstić information content (AvgIpc) is 3.45. The minimum absolute atomic E-state index is 0.101. The number of fused-ring (bicyclic) bond motifs is 5. The highest BCUT2D eigenvalue weighted by molar-refractivity contribution is 14.1. The van der Waals surface area contributed by atoms with E-state index < -0.39 is 33.8 Å². The quantitative estimate of drug-likeness (QED) is 0.164. The zero-order valence-corrected chi connectivity index (χ0v) is 33.6. The van der Waals surface area contributed by atoms with Gasteiger partial charge in [-0.2, -0.15) is 0 Å². The van der Waals surface area contributed by atoms with Gasteiger partial charge in [-0.3, -0.25) is 21.8 Å². The van der Waals surface area contributed by atoms with Crippen molar-refractivity contribution >= 4 is 74.0 Å². The Labute approximate surface area is 319 Å². The number of aromatic nitrogens is 2. The van der Waals surface area contributed by atoms with Crippen LogP contribution in [0.5, 0.6) is 0 Å². The summed E-state index contributed by atoms with van der Waals surface area (Å²) in [5.74, 6) is -0.496. The first kappa shape index (κ1) is 39.0. The molecular formula is C38H44F2IN5O3S2. The van der Waals surface area contributed by atoms with Crippen molar-refractivity contribution in [1.29, 1.82) is 0 Å². The molecule has 2 bridgehead atoms. The van der Waals surface area contributed by atoms with Crippen LogP contribution in [0.25, 0.3) is 10.9 Å². The zero-order chi connectivity index (χ0) is 37.1. The van der Waals surface area contributed by atoms with Gasteiger partial charge in [-0.25, -0.2) is 13.8 Å². The molecule has 0 aliphatic carbocycles. The second-order valence-corrected chi connectivity index (χ2v) is 17.7. The van der Waals surface area contributed by atoms with Crippen molar-refractivity contribution in [3.63, 3.8) is 0 Å². The molecule has 3 atom stereocenters. The standard InChI is InChI=1S/C38H44F2IN5O3S2/c1-23(35(47)49-6)19-24-9-7-10-32(44-24)38(4)16-8-15-37(2,3)22-51(48)18-14-27-26-13-17-46(41)31(26)21-30(40)33(27)50-25-11-12-29(39)28(20-25)34(43-5)45-36(38)42/h7,9-13,17,20-21,23H,8,14-16,18-19,22H2,1-6H3,(H2,42,43,45). The van der Waals surface area contributed by atoms with Crippen LogP contribution in [0.3, 0.4) is 0 Å². The summed E-state index contributed by atoms with van der Waals surface area (Å²) in [4.78, 5) is 27.3. The molecule has 51 heavy (non-hydrogen) atoms. The maximum Gasteiger partial charge on any atom is 0.308 e. The fraction of sp³-hybridized carbons (Fsp3) is 0.421. The zero-order valence-electron chi connectivity index (χ0n) is 29.8. The summed E-state index contributed by atoms with van der Waals surface area (Å²) in [6, 6.07) is 13.6. The van der Waals surface area contributed by atoms with Crippen LogP contribution in [0.2, 0.25) is 0 Å². The summed E-state index contributed by atoms with van der Waals surface area (Å²) in [5, 5.41) is 0.895. The molecule has 0 fully saturated rings. The van der Waals surface area contributed by atoms with Crippen molar-refractivity contribution in [3.05, 3.63) is 88.9 Å². The van der Waals surface area contributed by atoms with Gasteiger partial charge in [0.15, 0.2) is 5.84 Å². The molecule has 272 valence electrons. The van der Waals surface area contributed by atoms with E-state index in [4.69, 9.17) is 20.4 Å². The maximum atomic E-state index is 15.9. The van der Waals surface area contributed by atoms with E-state index in [1.807, 2.05) is 40.2 Å². The number of hydrogen-bond donors (Lipinski definition) is 1. The van der Waals surface area contributed by atoms with Gasteiger partial charge in [0.25, 0.3) is 0 Å². The highest BCUT2D eigenvalue weighted by Gasteiger charge is 2.35. The lowest BCUT2D eigenvalue weighted by molar-refractivity contribution is -0.144. The number of carbonyl (C=O) groups is 1. The van der Waals surface area contributed by atoms with Crippen LogP contribution in [0.4, 0.5) is 8.78 Å². The van der Waals surface area contributed by atoms with Crippen molar-refractivity contribution in [3.8, 4) is 0 Å². The number of halogens is 3. The highest BCUT2D eigenvalue weighted by atomic mass is 127. The van der Waals surface area contributed by atoms with Gasteiger partial charge in [0.05, 0.1) is 63.0 Å². The molecule has 2 N–H and O–H groups in total. The van der Waals surface area contributed by atoms with Gasteiger partial charge in [-0.05, 0) is 73.6 Å². The first-order valence-electron chi connectivity index (χ1n) is 16.8. The first-order valence-corrected chi connectivity index (χ1v) is 20.1. The average molecular weight is 848 g/mol. The monoisotopic (exact) mass is 847 g/mol. The molecule has 0 spiro atoms. The largest absolute Gasteiger partial charge is 0.469 e. The molecule has 5 rings (SSSR count). The number of amidine groups is 2. The van der Waals surface area contributed by atoms with E-state index in [0.29, 0.717) is 58.4 Å². The van der Waals surface area contributed by atoms with E-state index in [1.54, 1.807) is 19.1 Å². The van der Waals surface area contributed by atoms with Crippen LogP contribution in [0.15, 0.2) is 74.5 Å². The molecule has 3 unspecified atom stereocenters. The Morgan fingerprint density at radius 3 is 2.65 bits per heavy atom. The Morgan fingerprint density at radius 1 is 1.16 bits per heavy atom. The van der Waals surface area contributed by atoms with Crippen LogP contribution in [0.1, 0.15) is 69.5 Å². The number of nitrogens with zero attached hydrogens (tertiary/aromatic N) is 4. The second-order valence-electron chi connectivity index (χ2n) is 14.0. The van der Waals surface area contributed by atoms with Gasteiger partial charge in [0.1, 0.15) is 17.5 Å². The highest BCUT2D eigenvalue weighted by Crippen LogP contribution is 2.40. The SMILES string of the molecule is CN=C1N=C(N)C(C)(c2cccc(CC(C)C(=O)OC)n2)CCCC(C)(C)CS(=O)CCc2c(c(F)cc3c2ccn3I)Sc2ccc(F)c1c2. The predicted molar refractivity (Wildman–Crippen MR) is 212 cm³/mol. The van der Waals surface area contributed by atoms with Gasteiger partial charge in [0.2, 0.25) is 0 Å². The normalized spacial score (nSPS) is 21.7. The Balaban J connectivity index is 1.63. The number of aryl methyl sites for hydroxylation is 1. The van der Waals surface area contributed by atoms with E-state index in [1.165, 1.54) is 38.1 Å². The number of pyridine rings is 1. The van der Waals surface area contributed by atoms with Crippen molar-refractivity contribution in [2.24, 2.45) is 27.1 Å². The first-order chi connectivity index (χ1) is 24.2. The summed E-state index contributed by atoms with van der Waals surface area (Å²) < 4.78 is 51.9. The molecule has 1 aliphatic rings. The topological polar surface area (TPSA) is 112 Å². The van der Waals surface area contributed by atoms with Crippen molar-refractivity contribution in [2.75, 3.05) is 25.7 Å². The molecule has 13 heteroatoms. The molecule has 2 aromatic carbocycles. The third kappa shape index (κ3) is 8.90. The van der Waals surface area contributed by atoms with Crippen molar-refractivity contribution in [1.82, 2.24) is 7.76 Å². The van der Waals surface area contributed by atoms with Crippen LogP contribution < -0.4 is 5.73 Å². The van der Waals surface area contributed by atoms with Gasteiger partial charge < -0.3 is 10.5 Å². The Hall–Kier alpha value is -3.17. The summed E-state index contributed by atoms with van der Waals surface area (Å²) in [6.07, 6.45) is 4.68.